The number of carbonyl (C=O) groups is 1. The van der Waals surface area contributed by atoms with Crippen LogP contribution >= 0.6 is 0 Å². The van der Waals surface area contributed by atoms with Gasteiger partial charge < -0.3 is 15.5 Å². The van der Waals surface area contributed by atoms with Gasteiger partial charge in [-0.2, -0.15) is 0 Å². The molecule has 8 nitrogen and oxygen atoms in total. The first-order valence-electron chi connectivity index (χ1n) is 7.64. The summed E-state index contributed by atoms with van der Waals surface area (Å²) in [5, 5.41) is 6.01. The molecule has 0 radical (unpaired) electrons. The molecule has 2 N–H and O–H groups in total. The minimum Gasteiger partial charge on any atom is -0.356 e. The van der Waals surface area contributed by atoms with Gasteiger partial charge in [0.15, 0.2) is 21.5 Å². The van der Waals surface area contributed by atoms with E-state index < -0.39 is 9.84 Å². The van der Waals surface area contributed by atoms with Crippen LogP contribution in [-0.2, 0) is 14.6 Å². The highest BCUT2D eigenvalue weighted by Gasteiger charge is 2.35. The molecule has 1 aromatic rings. The molecule has 2 aliphatic rings. The number of aromatic nitrogens is 2. The van der Waals surface area contributed by atoms with E-state index in [0.29, 0.717) is 23.7 Å². The Bertz CT molecular complexity index is 734. The fraction of sp³-hybridized carbons (Fsp3) is 0.643. The first-order chi connectivity index (χ1) is 10.8. The number of fused-ring (bicyclic) bond motifs is 1. The van der Waals surface area contributed by atoms with Crippen molar-refractivity contribution in [3.05, 3.63) is 6.33 Å². The molecule has 1 saturated heterocycles. The highest BCUT2D eigenvalue weighted by Crippen LogP contribution is 2.35. The van der Waals surface area contributed by atoms with E-state index in [2.05, 4.69) is 20.6 Å². The number of sulfone groups is 1. The average Bonchev–Trinajstić information content (AvgIpc) is 2.85. The normalized spacial score (nSPS) is 25.7. The van der Waals surface area contributed by atoms with E-state index in [1.807, 2.05) is 18.7 Å². The Labute approximate surface area is 135 Å². The average molecular weight is 339 g/mol. The predicted octanol–water partition coefficient (Wildman–Crippen LogP) is 0.488. The fourth-order valence-electron chi connectivity index (χ4n) is 3.01. The number of hydrogen-bond acceptors (Lipinski definition) is 7. The van der Waals surface area contributed by atoms with Gasteiger partial charge in [0, 0.05) is 13.1 Å². The van der Waals surface area contributed by atoms with Gasteiger partial charge in [0.25, 0.3) is 0 Å². The zero-order chi connectivity index (χ0) is 16.8. The highest BCUT2D eigenvalue weighted by molar-refractivity contribution is 7.91. The minimum absolute atomic E-state index is 0.109. The molecule has 3 heterocycles. The van der Waals surface area contributed by atoms with Gasteiger partial charge in [0.1, 0.15) is 18.1 Å². The lowest BCUT2D eigenvalue weighted by Gasteiger charge is -2.32. The molecular weight excluding hydrogens is 318 g/mol. The lowest BCUT2D eigenvalue weighted by Crippen LogP contribution is -2.44. The van der Waals surface area contributed by atoms with E-state index in [4.69, 9.17) is 0 Å². The smallest absolute Gasteiger partial charge is 0.247 e. The van der Waals surface area contributed by atoms with Crippen molar-refractivity contribution in [1.82, 2.24) is 9.97 Å². The molecule has 2 atom stereocenters. The number of hydrogen-bond donors (Lipinski definition) is 2. The van der Waals surface area contributed by atoms with Crippen molar-refractivity contribution in [2.45, 2.75) is 32.4 Å². The Morgan fingerprint density at radius 2 is 2.09 bits per heavy atom. The van der Waals surface area contributed by atoms with Gasteiger partial charge in [-0.3, -0.25) is 4.79 Å². The van der Waals surface area contributed by atoms with Crippen molar-refractivity contribution in [3.63, 3.8) is 0 Å². The van der Waals surface area contributed by atoms with Crippen LogP contribution in [0.4, 0.5) is 17.3 Å². The number of rotatable bonds is 3. The summed E-state index contributed by atoms with van der Waals surface area (Å²) in [7, 11) is -1.19. The van der Waals surface area contributed by atoms with E-state index >= 15 is 0 Å². The standard InChI is InChI=1S/C14H21N5O3S/c1-8(2)10-14(20)18-11-12(17-10)15-7-16-13(11)19(3)9-4-5-23(21,22)6-9/h7-10H,4-6H2,1-3H3,(H,18,20)(H,15,16,17). The molecule has 1 aromatic heterocycles. The van der Waals surface area contributed by atoms with Crippen molar-refractivity contribution in [1.29, 1.82) is 0 Å². The largest absolute Gasteiger partial charge is 0.356 e. The molecule has 0 bridgehead atoms. The fourth-order valence-corrected chi connectivity index (χ4v) is 4.78. The van der Waals surface area contributed by atoms with Crippen LogP contribution in [-0.4, -0.2) is 54.9 Å². The van der Waals surface area contributed by atoms with Crippen molar-refractivity contribution < 1.29 is 13.2 Å². The van der Waals surface area contributed by atoms with Crippen LogP contribution < -0.4 is 15.5 Å². The van der Waals surface area contributed by atoms with Gasteiger partial charge in [0.05, 0.1) is 11.5 Å². The van der Waals surface area contributed by atoms with Gasteiger partial charge in [-0.25, -0.2) is 18.4 Å². The van der Waals surface area contributed by atoms with Crippen LogP contribution in [0.25, 0.3) is 0 Å². The topological polar surface area (TPSA) is 104 Å². The van der Waals surface area contributed by atoms with Gasteiger partial charge in [-0.05, 0) is 12.3 Å². The summed E-state index contributed by atoms with van der Waals surface area (Å²) in [5.41, 5.74) is 0.515. The van der Waals surface area contributed by atoms with E-state index in [0.717, 1.165) is 0 Å². The second-order valence-corrected chi connectivity index (χ2v) is 8.67. The van der Waals surface area contributed by atoms with Crippen LogP contribution in [0.5, 0.6) is 0 Å². The third-order valence-corrected chi connectivity index (χ3v) is 6.16. The molecule has 1 amide bonds. The molecule has 3 rings (SSSR count). The second-order valence-electron chi connectivity index (χ2n) is 6.44. The Morgan fingerprint density at radius 1 is 1.35 bits per heavy atom. The van der Waals surface area contributed by atoms with Gasteiger partial charge in [-0.1, -0.05) is 13.8 Å². The third kappa shape index (κ3) is 2.97. The van der Waals surface area contributed by atoms with Gasteiger partial charge in [0.2, 0.25) is 5.91 Å². The predicted molar refractivity (Wildman–Crippen MR) is 88.4 cm³/mol. The second kappa shape index (κ2) is 5.63. The zero-order valence-corrected chi connectivity index (χ0v) is 14.2. The third-order valence-electron chi connectivity index (χ3n) is 4.41. The number of nitrogens with one attached hydrogen (secondary N) is 2. The van der Waals surface area contributed by atoms with E-state index in [9.17, 15) is 13.2 Å². The quantitative estimate of drug-likeness (QED) is 0.826. The molecule has 2 aliphatic heterocycles. The number of carbonyl (C=O) groups excluding carboxylic acids is 1. The van der Waals surface area contributed by atoms with Crippen LogP contribution in [0.15, 0.2) is 6.33 Å². The van der Waals surface area contributed by atoms with Crippen molar-refractivity contribution in [2.24, 2.45) is 5.92 Å². The van der Waals surface area contributed by atoms with Crippen LogP contribution in [0.1, 0.15) is 20.3 Å². The van der Waals surface area contributed by atoms with Crippen molar-refractivity contribution in [2.75, 3.05) is 34.1 Å². The Morgan fingerprint density at radius 3 is 2.70 bits per heavy atom. The van der Waals surface area contributed by atoms with Gasteiger partial charge >= 0.3 is 0 Å². The van der Waals surface area contributed by atoms with Crippen molar-refractivity contribution >= 4 is 33.1 Å². The summed E-state index contributed by atoms with van der Waals surface area (Å²) < 4.78 is 23.4. The van der Waals surface area contributed by atoms with Crippen molar-refractivity contribution in [3.8, 4) is 0 Å². The first kappa shape index (κ1) is 16.0. The van der Waals surface area contributed by atoms with E-state index in [-0.39, 0.29) is 35.4 Å². The summed E-state index contributed by atoms with van der Waals surface area (Å²) in [6, 6.07) is -0.485. The molecule has 23 heavy (non-hydrogen) atoms. The molecule has 2 unspecified atom stereocenters. The maximum atomic E-state index is 12.3. The molecular formula is C14H21N5O3S. The molecule has 9 heteroatoms. The summed E-state index contributed by atoms with van der Waals surface area (Å²) in [6.07, 6.45) is 1.99. The lowest BCUT2D eigenvalue weighted by atomic mass is 10.0. The zero-order valence-electron chi connectivity index (χ0n) is 13.4. The summed E-state index contributed by atoms with van der Waals surface area (Å²) >= 11 is 0. The SMILES string of the molecule is CC(C)C1Nc2ncnc(N(C)C3CCS(=O)(=O)C3)c2NC1=O. The Hall–Kier alpha value is -1.90. The first-order valence-corrected chi connectivity index (χ1v) is 9.46. The maximum absolute atomic E-state index is 12.3. The summed E-state index contributed by atoms with van der Waals surface area (Å²) in [6.45, 7) is 3.92. The highest BCUT2D eigenvalue weighted by atomic mass is 32.2. The monoisotopic (exact) mass is 339 g/mol. The maximum Gasteiger partial charge on any atom is 0.247 e. The number of nitrogens with zero attached hydrogens (tertiary/aromatic N) is 3. The van der Waals surface area contributed by atoms with Crippen LogP contribution in [0, 0.1) is 5.92 Å². The minimum atomic E-state index is -2.99. The molecule has 126 valence electrons. The Balaban J connectivity index is 1.91. The Kier molecular flexibility index (Phi) is 3.91. The van der Waals surface area contributed by atoms with Crippen LogP contribution in [0.2, 0.25) is 0 Å². The molecule has 1 fully saturated rings. The molecule has 0 spiro atoms. The summed E-state index contributed by atoms with van der Waals surface area (Å²) in [5.74, 6) is 1.41. The number of anilines is 3. The molecule has 0 aliphatic carbocycles. The molecule has 0 saturated carbocycles. The number of amides is 1. The van der Waals surface area contributed by atoms with Crippen LogP contribution in [0.3, 0.4) is 0 Å². The van der Waals surface area contributed by atoms with Gasteiger partial charge in [-0.15, -0.1) is 0 Å². The van der Waals surface area contributed by atoms with E-state index in [1.54, 1.807) is 7.05 Å². The van der Waals surface area contributed by atoms with E-state index in [1.165, 1.54) is 6.33 Å². The summed E-state index contributed by atoms with van der Waals surface area (Å²) in [4.78, 5) is 22.5. The molecule has 0 aromatic carbocycles. The lowest BCUT2D eigenvalue weighted by molar-refractivity contribution is -0.117.